The Hall–Kier alpha value is -0.580. The first-order valence-electron chi connectivity index (χ1n) is 6.19. The van der Waals surface area contributed by atoms with Crippen LogP contribution in [0.15, 0.2) is 24.3 Å². The number of halogens is 1. The minimum absolute atomic E-state index is 0.0713. The summed E-state index contributed by atoms with van der Waals surface area (Å²) < 4.78 is 16.6. The Balaban J connectivity index is 1.92. The Labute approximate surface area is 117 Å². The van der Waals surface area contributed by atoms with Gasteiger partial charge < -0.3 is 14.2 Å². The summed E-state index contributed by atoms with van der Waals surface area (Å²) >= 11 is 3.56. The summed E-state index contributed by atoms with van der Waals surface area (Å²) in [6, 6.07) is 8.01. The predicted molar refractivity (Wildman–Crippen MR) is 74.4 cm³/mol. The molecule has 1 aliphatic heterocycles. The molecule has 3 nitrogen and oxygen atoms in total. The Morgan fingerprint density at radius 1 is 1.22 bits per heavy atom. The van der Waals surface area contributed by atoms with Crippen molar-refractivity contribution in [1.29, 1.82) is 0 Å². The highest BCUT2D eigenvalue weighted by atomic mass is 79.9. The van der Waals surface area contributed by atoms with E-state index in [0.29, 0.717) is 6.61 Å². The minimum atomic E-state index is -0.0713. The van der Waals surface area contributed by atoms with Crippen LogP contribution in [0.4, 0.5) is 0 Å². The Kier molecular flexibility index (Phi) is 5.03. The quantitative estimate of drug-likeness (QED) is 0.781. The van der Waals surface area contributed by atoms with Crippen molar-refractivity contribution in [3.8, 4) is 5.75 Å². The average molecular weight is 315 g/mol. The van der Waals surface area contributed by atoms with E-state index in [2.05, 4.69) is 15.9 Å². The summed E-state index contributed by atoms with van der Waals surface area (Å²) in [6.07, 6.45) is 1.91. The Morgan fingerprint density at radius 2 is 1.89 bits per heavy atom. The highest BCUT2D eigenvalue weighted by molar-refractivity contribution is 9.09. The Morgan fingerprint density at radius 3 is 2.44 bits per heavy atom. The third-order valence-corrected chi connectivity index (χ3v) is 4.37. The van der Waals surface area contributed by atoms with E-state index < -0.39 is 0 Å². The molecule has 1 aliphatic rings. The van der Waals surface area contributed by atoms with Crippen molar-refractivity contribution in [2.75, 3.05) is 25.7 Å². The van der Waals surface area contributed by atoms with Gasteiger partial charge in [0.25, 0.3) is 0 Å². The topological polar surface area (TPSA) is 27.7 Å². The van der Waals surface area contributed by atoms with E-state index in [0.717, 1.165) is 37.1 Å². The van der Waals surface area contributed by atoms with Crippen LogP contribution >= 0.6 is 15.9 Å². The van der Waals surface area contributed by atoms with Gasteiger partial charge in [0.05, 0.1) is 19.3 Å². The second-order valence-electron chi connectivity index (χ2n) is 4.57. The summed E-state index contributed by atoms with van der Waals surface area (Å²) in [5.74, 6) is 0.875. The summed E-state index contributed by atoms with van der Waals surface area (Å²) in [7, 11) is 1.67. The van der Waals surface area contributed by atoms with Crippen LogP contribution in [-0.2, 0) is 16.1 Å². The van der Waals surface area contributed by atoms with Crippen molar-refractivity contribution in [1.82, 2.24) is 0 Å². The molecule has 0 radical (unpaired) electrons. The average Bonchev–Trinajstić information content (AvgIpc) is 2.47. The van der Waals surface area contributed by atoms with Crippen LogP contribution in [0.3, 0.4) is 0 Å². The first-order chi connectivity index (χ1) is 8.78. The number of benzene rings is 1. The van der Waals surface area contributed by atoms with E-state index in [1.165, 1.54) is 5.56 Å². The fraction of sp³-hybridized carbons (Fsp3) is 0.571. The highest BCUT2D eigenvalue weighted by Gasteiger charge is 2.32. The van der Waals surface area contributed by atoms with Crippen LogP contribution in [0.25, 0.3) is 0 Å². The van der Waals surface area contributed by atoms with Crippen molar-refractivity contribution < 1.29 is 14.2 Å². The largest absolute Gasteiger partial charge is 0.497 e. The van der Waals surface area contributed by atoms with Gasteiger partial charge >= 0.3 is 0 Å². The molecule has 1 aromatic carbocycles. The van der Waals surface area contributed by atoms with Gasteiger partial charge in [-0.15, -0.1) is 0 Å². The molecule has 1 aromatic rings. The number of hydrogen-bond acceptors (Lipinski definition) is 3. The van der Waals surface area contributed by atoms with Crippen LogP contribution in [-0.4, -0.2) is 31.3 Å². The van der Waals surface area contributed by atoms with Gasteiger partial charge in [-0.1, -0.05) is 28.1 Å². The third-order valence-electron chi connectivity index (χ3n) is 3.35. The molecule has 2 rings (SSSR count). The standard InChI is InChI=1S/C14H19BrO3/c1-16-13-4-2-12(3-5-13)10-18-14(11-15)6-8-17-9-7-14/h2-5H,6-11H2,1H3. The second kappa shape index (κ2) is 6.55. The molecule has 0 aliphatic carbocycles. The maximum absolute atomic E-state index is 6.11. The second-order valence-corrected chi connectivity index (χ2v) is 5.13. The number of hydrogen-bond donors (Lipinski definition) is 0. The van der Waals surface area contributed by atoms with Crippen molar-refractivity contribution in [3.05, 3.63) is 29.8 Å². The van der Waals surface area contributed by atoms with Crippen molar-refractivity contribution >= 4 is 15.9 Å². The van der Waals surface area contributed by atoms with Crippen molar-refractivity contribution in [2.45, 2.75) is 25.0 Å². The van der Waals surface area contributed by atoms with Gasteiger partial charge in [0.15, 0.2) is 0 Å². The normalized spacial score (nSPS) is 18.6. The third kappa shape index (κ3) is 3.46. The number of alkyl halides is 1. The molecular formula is C14H19BrO3. The molecule has 0 amide bonds. The molecule has 0 atom stereocenters. The molecule has 100 valence electrons. The van der Waals surface area contributed by atoms with E-state index in [9.17, 15) is 0 Å². The SMILES string of the molecule is COc1ccc(COC2(CBr)CCOCC2)cc1. The Bertz CT molecular complexity index is 358. The lowest BCUT2D eigenvalue weighted by Crippen LogP contribution is -2.40. The van der Waals surface area contributed by atoms with E-state index in [1.807, 2.05) is 24.3 Å². The van der Waals surface area contributed by atoms with Crippen molar-refractivity contribution in [3.63, 3.8) is 0 Å². The lowest BCUT2D eigenvalue weighted by molar-refractivity contribution is -0.103. The van der Waals surface area contributed by atoms with E-state index >= 15 is 0 Å². The zero-order chi connectivity index (χ0) is 12.8. The van der Waals surface area contributed by atoms with Crippen LogP contribution in [0.2, 0.25) is 0 Å². The van der Waals surface area contributed by atoms with Crippen LogP contribution in [0.5, 0.6) is 5.75 Å². The number of rotatable bonds is 5. The zero-order valence-corrected chi connectivity index (χ0v) is 12.2. The first-order valence-corrected chi connectivity index (χ1v) is 7.31. The summed E-state index contributed by atoms with van der Waals surface area (Å²) in [6.45, 7) is 2.21. The van der Waals surface area contributed by atoms with Gasteiger partial charge in [-0.2, -0.15) is 0 Å². The van der Waals surface area contributed by atoms with E-state index in [1.54, 1.807) is 7.11 Å². The molecule has 4 heteroatoms. The van der Waals surface area contributed by atoms with E-state index in [-0.39, 0.29) is 5.60 Å². The molecule has 0 N–H and O–H groups in total. The molecule has 1 fully saturated rings. The minimum Gasteiger partial charge on any atom is -0.497 e. The number of ether oxygens (including phenoxy) is 3. The van der Waals surface area contributed by atoms with Gasteiger partial charge in [0.2, 0.25) is 0 Å². The van der Waals surface area contributed by atoms with Crippen LogP contribution in [0, 0.1) is 0 Å². The predicted octanol–water partition coefficient (Wildman–Crippen LogP) is 3.16. The maximum atomic E-state index is 6.11. The van der Waals surface area contributed by atoms with Crippen LogP contribution < -0.4 is 4.74 Å². The smallest absolute Gasteiger partial charge is 0.118 e. The summed E-state index contributed by atoms with van der Waals surface area (Å²) in [5, 5.41) is 0.861. The summed E-state index contributed by atoms with van der Waals surface area (Å²) in [5.41, 5.74) is 1.10. The molecule has 0 bridgehead atoms. The van der Waals surface area contributed by atoms with E-state index in [4.69, 9.17) is 14.2 Å². The van der Waals surface area contributed by atoms with Crippen LogP contribution in [0.1, 0.15) is 18.4 Å². The fourth-order valence-corrected chi connectivity index (χ4v) is 2.74. The maximum Gasteiger partial charge on any atom is 0.118 e. The van der Waals surface area contributed by atoms with Crippen molar-refractivity contribution in [2.24, 2.45) is 0 Å². The lowest BCUT2D eigenvalue weighted by atomic mass is 9.96. The molecule has 18 heavy (non-hydrogen) atoms. The monoisotopic (exact) mass is 314 g/mol. The summed E-state index contributed by atoms with van der Waals surface area (Å²) in [4.78, 5) is 0. The van der Waals surface area contributed by atoms with Gasteiger partial charge in [-0.25, -0.2) is 0 Å². The fourth-order valence-electron chi connectivity index (χ4n) is 2.02. The molecule has 1 heterocycles. The molecule has 1 saturated heterocycles. The molecule has 0 unspecified atom stereocenters. The lowest BCUT2D eigenvalue weighted by Gasteiger charge is -2.35. The number of methoxy groups -OCH3 is 1. The van der Waals surface area contributed by atoms with Gasteiger partial charge in [-0.3, -0.25) is 0 Å². The molecule has 0 spiro atoms. The first kappa shape index (κ1) is 13.8. The molecular weight excluding hydrogens is 296 g/mol. The zero-order valence-electron chi connectivity index (χ0n) is 10.7. The van der Waals surface area contributed by atoms with Gasteiger partial charge in [-0.05, 0) is 17.7 Å². The van der Waals surface area contributed by atoms with Gasteiger partial charge in [0, 0.05) is 31.4 Å². The van der Waals surface area contributed by atoms with Gasteiger partial charge in [0.1, 0.15) is 5.75 Å². The molecule has 0 saturated carbocycles. The molecule has 0 aromatic heterocycles. The highest BCUT2D eigenvalue weighted by Crippen LogP contribution is 2.28.